The SMILES string of the molecule is COCO[C@@H]1[C@H](NC(C)=O)[C@H](OC(=O)[C@@H]2CCCC[C@@H]2NC(=O)c2ccccc2)[C@@H]2OC3(CCCCC3)O[C@@H]21. The number of carbonyl (C=O) groups is 3. The van der Waals surface area contributed by atoms with Crippen LogP contribution in [0.2, 0.25) is 0 Å². The molecule has 0 radical (unpaired) electrons. The lowest BCUT2D eigenvalue weighted by Gasteiger charge is -2.37. The monoisotopic (exact) mass is 544 g/mol. The topological polar surface area (TPSA) is 121 Å². The van der Waals surface area contributed by atoms with Gasteiger partial charge in [0.2, 0.25) is 5.91 Å². The molecule has 2 amide bonds. The fraction of sp³-hybridized carbons (Fsp3) is 0.690. The number of nitrogens with one attached hydrogen (secondary N) is 2. The first-order chi connectivity index (χ1) is 18.9. The van der Waals surface area contributed by atoms with Gasteiger partial charge >= 0.3 is 5.97 Å². The van der Waals surface area contributed by atoms with E-state index >= 15 is 0 Å². The third-order valence-corrected chi connectivity index (χ3v) is 8.42. The molecular formula is C29H40N2O8. The number of methoxy groups -OCH3 is 1. The summed E-state index contributed by atoms with van der Waals surface area (Å²) in [5.74, 6) is -2.13. The van der Waals surface area contributed by atoms with E-state index < -0.39 is 48.1 Å². The zero-order valence-electron chi connectivity index (χ0n) is 22.8. The molecule has 3 saturated carbocycles. The van der Waals surface area contributed by atoms with Crippen LogP contribution in [0.4, 0.5) is 0 Å². The molecule has 1 heterocycles. The molecule has 10 heteroatoms. The van der Waals surface area contributed by atoms with E-state index in [1.54, 1.807) is 12.1 Å². The number of hydrogen-bond donors (Lipinski definition) is 2. The van der Waals surface area contributed by atoms with Gasteiger partial charge in [-0.15, -0.1) is 0 Å². The van der Waals surface area contributed by atoms with Gasteiger partial charge in [0.15, 0.2) is 11.9 Å². The Kier molecular flexibility index (Phi) is 8.86. The van der Waals surface area contributed by atoms with Crippen LogP contribution < -0.4 is 10.6 Å². The summed E-state index contributed by atoms with van der Waals surface area (Å²) >= 11 is 0. The molecule has 5 rings (SSSR count). The maximum atomic E-state index is 13.7. The molecule has 3 aliphatic carbocycles. The van der Waals surface area contributed by atoms with E-state index in [4.69, 9.17) is 23.7 Å². The van der Waals surface area contributed by atoms with Crippen molar-refractivity contribution in [3.63, 3.8) is 0 Å². The van der Waals surface area contributed by atoms with Gasteiger partial charge in [-0.1, -0.05) is 37.5 Å². The highest BCUT2D eigenvalue weighted by atomic mass is 16.8. The normalized spacial score (nSPS) is 33.3. The molecule has 1 spiro atoms. The minimum atomic E-state index is -0.804. The summed E-state index contributed by atoms with van der Waals surface area (Å²) < 4.78 is 30.4. The van der Waals surface area contributed by atoms with Gasteiger partial charge in [0.1, 0.15) is 25.1 Å². The Morgan fingerprint density at radius 1 is 0.923 bits per heavy atom. The van der Waals surface area contributed by atoms with E-state index in [1.807, 2.05) is 18.2 Å². The molecule has 2 N–H and O–H groups in total. The van der Waals surface area contributed by atoms with Crippen molar-refractivity contribution in [2.24, 2.45) is 5.92 Å². The maximum Gasteiger partial charge on any atom is 0.311 e. The van der Waals surface area contributed by atoms with E-state index in [0.29, 0.717) is 18.4 Å². The molecule has 214 valence electrons. The Labute approximate surface area is 229 Å². The number of carbonyl (C=O) groups excluding carboxylic acids is 3. The highest BCUT2D eigenvalue weighted by Crippen LogP contribution is 2.47. The summed E-state index contributed by atoms with van der Waals surface area (Å²) in [6.07, 6.45) is 5.18. The molecule has 7 atom stereocenters. The van der Waals surface area contributed by atoms with Crippen molar-refractivity contribution in [3.8, 4) is 0 Å². The Morgan fingerprint density at radius 3 is 2.31 bits per heavy atom. The Hall–Kier alpha value is -2.53. The molecule has 0 bridgehead atoms. The Morgan fingerprint density at radius 2 is 1.62 bits per heavy atom. The first-order valence-corrected chi connectivity index (χ1v) is 14.2. The van der Waals surface area contributed by atoms with Gasteiger partial charge in [-0.25, -0.2) is 0 Å². The summed E-state index contributed by atoms with van der Waals surface area (Å²) in [5.41, 5.74) is 0.548. The van der Waals surface area contributed by atoms with Crippen molar-refractivity contribution in [1.29, 1.82) is 0 Å². The molecule has 4 fully saturated rings. The van der Waals surface area contributed by atoms with Gasteiger partial charge in [0.05, 0.1) is 12.0 Å². The average Bonchev–Trinajstić information content (AvgIpc) is 3.41. The van der Waals surface area contributed by atoms with Gasteiger partial charge in [0.25, 0.3) is 5.91 Å². The second kappa shape index (κ2) is 12.3. The van der Waals surface area contributed by atoms with Crippen LogP contribution in [-0.2, 0) is 33.3 Å². The van der Waals surface area contributed by atoms with Gasteiger partial charge in [0, 0.05) is 38.5 Å². The summed E-state index contributed by atoms with van der Waals surface area (Å²) in [6.45, 7) is 1.41. The minimum absolute atomic E-state index is 0.00276. The fourth-order valence-corrected chi connectivity index (χ4v) is 6.62. The summed E-state index contributed by atoms with van der Waals surface area (Å²) in [4.78, 5) is 38.8. The van der Waals surface area contributed by atoms with Crippen LogP contribution in [0.3, 0.4) is 0 Å². The highest BCUT2D eigenvalue weighted by molar-refractivity contribution is 5.94. The van der Waals surface area contributed by atoms with E-state index in [0.717, 1.165) is 44.9 Å². The van der Waals surface area contributed by atoms with Gasteiger partial charge in [-0.2, -0.15) is 0 Å². The molecular weight excluding hydrogens is 504 g/mol. The maximum absolute atomic E-state index is 13.7. The smallest absolute Gasteiger partial charge is 0.311 e. The van der Waals surface area contributed by atoms with E-state index in [1.165, 1.54) is 14.0 Å². The molecule has 1 aromatic carbocycles. The molecule has 1 aromatic rings. The summed E-state index contributed by atoms with van der Waals surface area (Å²) in [6, 6.07) is 7.96. The lowest BCUT2D eigenvalue weighted by atomic mass is 9.84. The minimum Gasteiger partial charge on any atom is -0.457 e. The van der Waals surface area contributed by atoms with Crippen LogP contribution >= 0.6 is 0 Å². The highest BCUT2D eigenvalue weighted by Gasteiger charge is 2.64. The average molecular weight is 545 g/mol. The number of fused-ring (bicyclic) bond motifs is 1. The van der Waals surface area contributed by atoms with Crippen molar-refractivity contribution in [2.45, 2.75) is 107 Å². The van der Waals surface area contributed by atoms with Crippen LogP contribution in [0, 0.1) is 5.92 Å². The first-order valence-electron chi connectivity index (χ1n) is 14.2. The predicted octanol–water partition coefficient (Wildman–Crippen LogP) is 2.84. The first kappa shape index (κ1) is 28.0. The lowest BCUT2D eigenvalue weighted by molar-refractivity contribution is -0.226. The van der Waals surface area contributed by atoms with Crippen molar-refractivity contribution in [2.75, 3.05) is 13.9 Å². The van der Waals surface area contributed by atoms with Crippen LogP contribution in [0.15, 0.2) is 30.3 Å². The van der Waals surface area contributed by atoms with Gasteiger partial charge in [-0.3, -0.25) is 14.4 Å². The second-order valence-electron chi connectivity index (χ2n) is 11.1. The third-order valence-electron chi connectivity index (χ3n) is 8.42. The van der Waals surface area contributed by atoms with Crippen molar-refractivity contribution in [1.82, 2.24) is 10.6 Å². The molecule has 1 aliphatic heterocycles. The van der Waals surface area contributed by atoms with Gasteiger partial charge in [-0.05, 0) is 37.8 Å². The van der Waals surface area contributed by atoms with Crippen LogP contribution in [-0.4, -0.2) is 74.0 Å². The zero-order valence-corrected chi connectivity index (χ0v) is 22.8. The number of hydrogen-bond acceptors (Lipinski definition) is 8. The van der Waals surface area contributed by atoms with E-state index in [-0.39, 0.29) is 24.6 Å². The number of ether oxygens (including phenoxy) is 5. The summed E-state index contributed by atoms with van der Waals surface area (Å²) in [5, 5.41) is 5.97. The van der Waals surface area contributed by atoms with Crippen LogP contribution in [0.5, 0.6) is 0 Å². The molecule has 10 nitrogen and oxygen atoms in total. The number of rotatable bonds is 8. The van der Waals surface area contributed by atoms with Crippen molar-refractivity contribution < 1.29 is 38.1 Å². The molecule has 1 saturated heterocycles. The van der Waals surface area contributed by atoms with E-state index in [9.17, 15) is 14.4 Å². The second-order valence-corrected chi connectivity index (χ2v) is 11.1. The Balaban J connectivity index is 1.35. The standard InChI is InChI=1S/C29H40N2O8/c1-18(32)30-22-23(36-17-35-2)25-26(39-29(38-25)15-9-4-10-16-29)24(22)37-28(34)20-13-7-8-14-21(20)31-27(33)19-11-5-3-6-12-19/h3,5-6,11-12,20-26H,4,7-10,13-17H2,1-2H3,(H,30,32)(H,31,33)/t20-,21+,22+,23-,24+,25-,26+/m1/s1. The number of amides is 2. The molecule has 0 aromatic heterocycles. The van der Waals surface area contributed by atoms with E-state index in [2.05, 4.69) is 10.6 Å². The van der Waals surface area contributed by atoms with Gasteiger partial charge < -0.3 is 34.3 Å². The Bertz CT molecular complexity index is 1010. The quantitative estimate of drug-likeness (QED) is 0.379. The molecule has 0 unspecified atom stereocenters. The number of benzene rings is 1. The van der Waals surface area contributed by atoms with Crippen molar-refractivity contribution in [3.05, 3.63) is 35.9 Å². The molecule has 39 heavy (non-hydrogen) atoms. The zero-order chi connectivity index (χ0) is 27.4. The largest absolute Gasteiger partial charge is 0.457 e. The summed E-state index contributed by atoms with van der Waals surface area (Å²) in [7, 11) is 1.53. The fourth-order valence-electron chi connectivity index (χ4n) is 6.62. The third kappa shape index (κ3) is 6.14. The van der Waals surface area contributed by atoms with Crippen LogP contribution in [0.1, 0.15) is 75.1 Å². The van der Waals surface area contributed by atoms with Crippen LogP contribution in [0.25, 0.3) is 0 Å². The molecule has 4 aliphatic rings. The predicted molar refractivity (Wildman–Crippen MR) is 139 cm³/mol. The number of esters is 1. The lowest BCUT2D eigenvalue weighted by Crippen LogP contribution is -2.53. The van der Waals surface area contributed by atoms with Crippen molar-refractivity contribution >= 4 is 17.8 Å².